The van der Waals surface area contributed by atoms with Crippen LogP contribution in [0.4, 0.5) is 5.82 Å². The van der Waals surface area contributed by atoms with Gasteiger partial charge in [-0.1, -0.05) is 18.5 Å². The van der Waals surface area contributed by atoms with Crippen LogP contribution >= 0.6 is 11.3 Å². The van der Waals surface area contributed by atoms with Gasteiger partial charge in [0.15, 0.2) is 28.4 Å². The van der Waals surface area contributed by atoms with Gasteiger partial charge in [-0.3, -0.25) is 4.79 Å². The maximum Gasteiger partial charge on any atom is 0.358 e. The summed E-state index contributed by atoms with van der Waals surface area (Å²) < 4.78 is 15.8. The molecule has 28 heavy (non-hydrogen) atoms. The summed E-state index contributed by atoms with van der Waals surface area (Å²) in [7, 11) is 0. The maximum absolute atomic E-state index is 12.7. The Bertz CT molecular complexity index is 945. The van der Waals surface area contributed by atoms with Crippen LogP contribution in [0.25, 0.3) is 10.8 Å². The van der Waals surface area contributed by atoms with Crippen LogP contribution in [-0.2, 0) is 9.53 Å². The quantitative estimate of drug-likeness (QED) is 0.557. The summed E-state index contributed by atoms with van der Waals surface area (Å²) in [4.78, 5) is 30.2. The Morgan fingerprint density at radius 2 is 2.18 bits per heavy atom. The van der Waals surface area contributed by atoms with E-state index < -0.39 is 18.0 Å². The number of esters is 1. The van der Waals surface area contributed by atoms with E-state index in [0.29, 0.717) is 27.8 Å². The minimum atomic E-state index is -0.947. The highest BCUT2D eigenvalue weighted by atomic mass is 32.1. The van der Waals surface area contributed by atoms with Crippen molar-refractivity contribution in [3.8, 4) is 10.8 Å². The van der Waals surface area contributed by atoms with Crippen molar-refractivity contribution in [3.05, 3.63) is 40.8 Å². The Balaban J connectivity index is 1.73. The van der Waals surface area contributed by atoms with E-state index in [0.717, 1.165) is 12.8 Å². The molecule has 8 nitrogen and oxygen atoms in total. The maximum atomic E-state index is 12.7. The number of amides is 1. The number of furan rings is 1. The van der Waals surface area contributed by atoms with Crippen LogP contribution < -0.4 is 5.32 Å². The lowest BCUT2D eigenvalue weighted by molar-refractivity contribution is -0.125. The smallest absolute Gasteiger partial charge is 0.358 e. The third kappa shape index (κ3) is 4.66. The molecule has 148 valence electrons. The van der Waals surface area contributed by atoms with Gasteiger partial charge < -0.3 is 19.0 Å². The number of thiazole rings is 1. The second-order valence-corrected chi connectivity index (χ2v) is 7.45. The van der Waals surface area contributed by atoms with Gasteiger partial charge in [0, 0.05) is 10.9 Å². The third-order valence-electron chi connectivity index (χ3n) is 3.96. The molecule has 1 amide bonds. The van der Waals surface area contributed by atoms with Crippen molar-refractivity contribution in [1.29, 1.82) is 0 Å². The Morgan fingerprint density at radius 3 is 2.82 bits per heavy atom. The summed E-state index contributed by atoms with van der Waals surface area (Å²) in [6, 6.07) is 5.11. The number of carbonyl (C=O) groups is 2. The Morgan fingerprint density at radius 1 is 1.36 bits per heavy atom. The van der Waals surface area contributed by atoms with Gasteiger partial charge in [0.1, 0.15) is 5.76 Å². The molecule has 0 bridgehead atoms. The number of aryl methyl sites for hydroxylation is 2. The second-order valence-electron chi connectivity index (χ2n) is 6.25. The molecule has 9 heteroatoms. The molecule has 1 N–H and O–H groups in total. The fraction of sp³-hybridized carbons (Fsp3) is 0.368. The van der Waals surface area contributed by atoms with Crippen LogP contribution in [-0.4, -0.2) is 28.1 Å². The zero-order valence-electron chi connectivity index (χ0n) is 15.9. The molecule has 3 rings (SSSR count). The van der Waals surface area contributed by atoms with Crippen molar-refractivity contribution in [3.63, 3.8) is 0 Å². The third-order valence-corrected chi connectivity index (χ3v) is 4.95. The van der Waals surface area contributed by atoms with E-state index in [9.17, 15) is 9.59 Å². The van der Waals surface area contributed by atoms with Crippen LogP contribution in [0.3, 0.4) is 0 Å². The molecule has 0 spiro atoms. The van der Waals surface area contributed by atoms with Gasteiger partial charge >= 0.3 is 5.97 Å². The van der Waals surface area contributed by atoms with E-state index in [1.165, 1.54) is 11.3 Å². The van der Waals surface area contributed by atoms with E-state index in [1.807, 2.05) is 6.92 Å². The molecule has 0 saturated heterocycles. The number of carbonyl (C=O) groups excluding carboxylic acids is 2. The van der Waals surface area contributed by atoms with Crippen molar-refractivity contribution < 1.29 is 23.3 Å². The molecular formula is C19H21N3O5S. The van der Waals surface area contributed by atoms with E-state index in [4.69, 9.17) is 13.7 Å². The van der Waals surface area contributed by atoms with Gasteiger partial charge in [-0.25, -0.2) is 9.78 Å². The van der Waals surface area contributed by atoms with Gasteiger partial charge in [0.25, 0.3) is 5.91 Å². The van der Waals surface area contributed by atoms with Gasteiger partial charge in [-0.15, -0.1) is 11.3 Å². The molecular weight excluding hydrogens is 382 g/mol. The number of aromatic nitrogens is 2. The number of nitrogens with zero attached hydrogens (tertiary/aromatic N) is 2. The topological polar surface area (TPSA) is 107 Å². The van der Waals surface area contributed by atoms with Gasteiger partial charge in [-0.05, 0) is 38.8 Å². The predicted octanol–water partition coefficient (Wildman–Crippen LogP) is 4.36. The summed E-state index contributed by atoms with van der Waals surface area (Å²) in [5.41, 5.74) is 0.183. The van der Waals surface area contributed by atoms with Crippen molar-refractivity contribution >= 4 is 29.0 Å². The van der Waals surface area contributed by atoms with Gasteiger partial charge in [-0.2, -0.15) is 0 Å². The zero-order valence-corrected chi connectivity index (χ0v) is 16.7. The lowest BCUT2D eigenvalue weighted by atomic mass is 10.1. The van der Waals surface area contributed by atoms with Crippen LogP contribution in [0, 0.1) is 13.8 Å². The predicted molar refractivity (Wildman–Crippen MR) is 103 cm³/mol. The monoisotopic (exact) mass is 403 g/mol. The summed E-state index contributed by atoms with van der Waals surface area (Å²) in [6.07, 6.45) is 2.59. The summed E-state index contributed by atoms with van der Waals surface area (Å²) >= 11 is 1.33. The van der Waals surface area contributed by atoms with Gasteiger partial charge in [0.2, 0.25) is 0 Å². The van der Waals surface area contributed by atoms with Gasteiger partial charge in [0.05, 0.1) is 6.26 Å². The first-order chi connectivity index (χ1) is 13.5. The summed E-state index contributed by atoms with van der Waals surface area (Å²) in [5.74, 6) is 0.341. The number of nitrogens with one attached hydrogen (secondary N) is 1. The highest BCUT2D eigenvalue weighted by molar-refractivity contribution is 7.15. The molecule has 0 aliphatic rings. The number of unbranched alkanes of at least 4 members (excludes halogenated alkanes) is 1. The van der Waals surface area contributed by atoms with Crippen LogP contribution in [0.2, 0.25) is 0 Å². The molecule has 0 aliphatic heterocycles. The van der Waals surface area contributed by atoms with E-state index in [-0.39, 0.29) is 11.5 Å². The minimum absolute atomic E-state index is 0.183. The van der Waals surface area contributed by atoms with Crippen molar-refractivity contribution in [2.24, 2.45) is 0 Å². The molecule has 3 heterocycles. The van der Waals surface area contributed by atoms with Crippen LogP contribution in [0.5, 0.6) is 0 Å². The Kier molecular flexibility index (Phi) is 6.25. The van der Waals surface area contributed by atoms with Crippen molar-refractivity contribution in [2.75, 3.05) is 5.32 Å². The Hall–Kier alpha value is -2.94. The first-order valence-electron chi connectivity index (χ1n) is 8.94. The molecule has 1 atom stereocenters. The normalized spacial score (nSPS) is 12.0. The number of hydrogen-bond acceptors (Lipinski definition) is 8. The van der Waals surface area contributed by atoms with Crippen molar-refractivity contribution in [2.45, 2.75) is 46.1 Å². The van der Waals surface area contributed by atoms with Crippen LogP contribution in [0.15, 0.2) is 33.4 Å². The van der Waals surface area contributed by atoms with Crippen molar-refractivity contribution in [1.82, 2.24) is 10.1 Å². The molecule has 0 aromatic carbocycles. The molecule has 3 aromatic rings. The van der Waals surface area contributed by atoms with E-state index >= 15 is 0 Å². The molecule has 0 radical (unpaired) electrons. The van der Waals surface area contributed by atoms with E-state index in [2.05, 4.69) is 15.5 Å². The first kappa shape index (κ1) is 19.8. The number of rotatable bonds is 8. The fourth-order valence-corrected chi connectivity index (χ4v) is 3.41. The molecule has 0 aliphatic carbocycles. The zero-order chi connectivity index (χ0) is 20.1. The molecule has 0 saturated carbocycles. The second kappa shape index (κ2) is 8.83. The largest absolute Gasteiger partial charge is 0.462 e. The summed E-state index contributed by atoms with van der Waals surface area (Å²) in [5, 5.41) is 6.94. The number of hydrogen-bond donors (Lipinski definition) is 1. The van der Waals surface area contributed by atoms with E-state index in [1.54, 1.807) is 38.3 Å². The lowest BCUT2D eigenvalue weighted by Gasteiger charge is -2.16. The average molecular weight is 403 g/mol. The average Bonchev–Trinajstić information content (AvgIpc) is 3.39. The standard InChI is InChI=1S/C19H21N3O5S/c1-4-5-7-13(17(23)20-15-10-11(2)27-22-15)26-19(24)16-12(3)28-18(21-16)14-8-6-9-25-14/h6,8-10,13H,4-5,7H2,1-3H3,(H,20,22,23). The van der Waals surface area contributed by atoms with Crippen LogP contribution in [0.1, 0.15) is 47.3 Å². The highest BCUT2D eigenvalue weighted by Gasteiger charge is 2.27. The summed E-state index contributed by atoms with van der Waals surface area (Å²) in [6.45, 7) is 5.50. The minimum Gasteiger partial charge on any atom is -0.462 e. The lowest BCUT2D eigenvalue weighted by Crippen LogP contribution is -2.33. The molecule has 3 aromatic heterocycles. The molecule has 0 fully saturated rings. The SMILES string of the molecule is CCCCC(OC(=O)c1nc(-c2ccco2)sc1C)C(=O)Nc1cc(C)on1. The number of ether oxygens (including phenoxy) is 1. The Labute approximate surface area is 165 Å². The number of anilines is 1. The first-order valence-corrected chi connectivity index (χ1v) is 9.76. The fourth-order valence-electron chi connectivity index (χ4n) is 2.54. The highest BCUT2D eigenvalue weighted by Crippen LogP contribution is 2.28. The molecule has 1 unspecified atom stereocenters.